The number of ether oxygens (including phenoxy) is 8. The molecule has 0 aromatic heterocycles. The molecule has 25 nitrogen and oxygen atoms in total. The quantitative estimate of drug-likeness (QED) is 0.0702. The zero-order chi connectivity index (χ0) is 49.1. The highest BCUT2D eigenvalue weighted by Crippen LogP contribution is 2.39. The standard InChI is InChI=1S/C42H60N2O23/c1-4-60-38-26(44-37(57)20-10-9-18-7-5-6-8-19(18)11-20)35(65-39-31(55)30(54)27(51)16(2)61-39)33(24(15-47)63-38)64-40-32(56)36(29(53)23(14-46)62-40)67-42(41(58)59)12-21(49)25(43-17(3)48)34(66-42)28(52)22(50)13-45/h5-11,16,21-36,38-40,45-47,49-56H,4,12-15H2,1-3H3,(H,43,48)(H,44,57)(H,58,59)/t16-,21-,22+,23+,24+,25+,26+,27+,28+,29-,30+,31-,32+,33+,34+,35+,36-,38+,39-,40-,42-/m0/s1. The fraction of sp³-hybridized carbons (Fsp3) is 0.690. The molecule has 0 saturated carbocycles. The number of rotatable bonds is 17. The molecule has 0 radical (unpaired) electrons. The van der Waals surface area contributed by atoms with E-state index in [0.29, 0.717) is 5.39 Å². The zero-order valence-corrected chi connectivity index (χ0v) is 36.5. The molecule has 2 aromatic carbocycles. The first-order valence-corrected chi connectivity index (χ1v) is 21.6. The fourth-order valence-corrected chi connectivity index (χ4v) is 8.61. The van der Waals surface area contributed by atoms with Gasteiger partial charge in [0.05, 0.1) is 38.1 Å². The number of aliphatic hydroxyl groups excluding tert-OH is 11. The minimum Gasteiger partial charge on any atom is -0.477 e. The molecule has 0 unspecified atom stereocenters. The van der Waals surface area contributed by atoms with Crippen LogP contribution in [0.5, 0.6) is 0 Å². The SMILES string of the molecule is CCO[C@@H]1O[C@H](CO)[C@@H](O[C@@H]2O[C@H](CO)[C@H](O)[C@H](O[C@]3(C(=O)O)C[C@H](O)[C@@H](NC(C)=O)[C@H]([C@H](O)[C@H](O)CO)O3)[C@H]2O)[C@H](O[C@@H]2O[C@@H](C)[C@@H](O)[C@@H](O)[C@@H]2O)[C@H]1NC(=O)c1ccc2ccccc2c1. The number of carbonyl (C=O) groups is 3. The lowest BCUT2D eigenvalue weighted by atomic mass is 9.88. The number of nitrogens with one attached hydrogen (secondary N) is 2. The zero-order valence-electron chi connectivity index (χ0n) is 36.5. The van der Waals surface area contributed by atoms with Gasteiger partial charge in [0.15, 0.2) is 18.9 Å². The van der Waals surface area contributed by atoms with Gasteiger partial charge in [-0.15, -0.1) is 0 Å². The highest BCUT2D eigenvalue weighted by molar-refractivity contribution is 5.98. The van der Waals surface area contributed by atoms with Gasteiger partial charge < -0.3 is 110 Å². The first kappa shape index (κ1) is 52.7. The van der Waals surface area contributed by atoms with Gasteiger partial charge in [-0.3, -0.25) is 9.59 Å². The van der Waals surface area contributed by atoms with Gasteiger partial charge in [0.25, 0.3) is 11.7 Å². The highest BCUT2D eigenvalue weighted by atomic mass is 16.8. The lowest BCUT2D eigenvalue weighted by Crippen LogP contribution is -2.71. The number of carboxylic acids is 1. The van der Waals surface area contributed by atoms with Crippen molar-refractivity contribution < 1.29 is 114 Å². The van der Waals surface area contributed by atoms with Crippen LogP contribution in [0, 0.1) is 0 Å². The van der Waals surface area contributed by atoms with Crippen molar-refractivity contribution in [1.29, 1.82) is 0 Å². The summed E-state index contributed by atoms with van der Waals surface area (Å²) in [4.78, 5) is 39.3. The molecule has 6 rings (SSSR count). The van der Waals surface area contributed by atoms with Gasteiger partial charge in [-0.25, -0.2) is 4.79 Å². The van der Waals surface area contributed by atoms with Gasteiger partial charge in [-0.05, 0) is 36.8 Å². The maximum absolute atomic E-state index is 14.1. The van der Waals surface area contributed by atoms with Crippen molar-refractivity contribution in [1.82, 2.24) is 10.6 Å². The lowest BCUT2D eigenvalue weighted by Gasteiger charge is -2.51. The van der Waals surface area contributed by atoms with E-state index in [1.54, 1.807) is 31.2 Å². The summed E-state index contributed by atoms with van der Waals surface area (Å²) in [5, 5.41) is 136. The van der Waals surface area contributed by atoms with Crippen molar-refractivity contribution in [2.75, 3.05) is 26.4 Å². The maximum Gasteiger partial charge on any atom is 0.364 e. The Morgan fingerprint density at radius 1 is 0.761 bits per heavy atom. The van der Waals surface area contributed by atoms with Gasteiger partial charge >= 0.3 is 5.97 Å². The molecule has 2 amide bonds. The van der Waals surface area contributed by atoms with Gasteiger partial charge in [0, 0.05) is 25.5 Å². The number of amides is 2. The van der Waals surface area contributed by atoms with E-state index >= 15 is 0 Å². The van der Waals surface area contributed by atoms with Crippen molar-refractivity contribution >= 4 is 28.6 Å². The summed E-state index contributed by atoms with van der Waals surface area (Å²) >= 11 is 0. The van der Waals surface area contributed by atoms with E-state index in [1.807, 2.05) is 12.1 Å². The number of carboxylic acid groups (broad SMARTS) is 1. The molecule has 376 valence electrons. The Balaban J connectivity index is 1.37. The van der Waals surface area contributed by atoms with Crippen LogP contribution < -0.4 is 10.6 Å². The average Bonchev–Trinajstić information content (AvgIpc) is 3.30. The van der Waals surface area contributed by atoms with Crippen molar-refractivity contribution in [2.45, 2.75) is 155 Å². The van der Waals surface area contributed by atoms with E-state index in [9.17, 15) is 75.7 Å². The third kappa shape index (κ3) is 11.2. The summed E-state index contributed by atoms with van der Waals surface area (Å²) < 4.78 is 47.5. The van der Waals surface area contributed by atoms with E-state index < -0.39 is 172 Å². The predicted molar refractivity (Wildman–Crippen MR) is 220 cm³/mol. The molecule has 4 heterocycles. The van der Waals surface area contributed by atoms with Crippen LogP contribution in [-0.4, -0.2) is 234 Å². The van der Waals surface area contributed by atoms with Crippen molar-refractivity contribution in [2.24, 2.45) is 0 Å². The molecular weight excluding hydrogens is 900 g/mol. The molecule has 4 fully saturated rings. The Kier molecular flexibility index (Phi) is 17.6. The topological polar surface area (TPSA) is 392 Å². The molecule has 0 bridgehead atoms. The second-order valence-corrected chi connectivity index (χ2v) is 16.8. The Labute approximate surface area is 382 Å². The monoisotopic (exact) mass is 960 g/mol. The lowest BCUT2D eigenvalue weighted by molar-refractivity contribution is -0.391. The van der Waals surface area contributed by atoms with Crippen LogP contribution in [0.3, 0.4) is 0 Å². The smallest absolute Gasteiger partial charge is 0.364 e. The summed E-state index contributed by atoms with van der Waals surface area (Å²) in [7, 11) is 0. The Bertz CT molecular complexity index is 1980. The molecule has 4 aliphatic heterocycles. The fourth-order valence-electron chi connectivity index (χ4n) is 8.61. The highest BCUT2D eigenvalue weighted by Gasteiger charge is 2.61. The Morgan fingerprint density at radius 3 is 2.03 bits per heavy atom. The van der Waals surface area contributed by atoms with Crippen LogP contribution in [0.4, 0.5) is 0 Å². The van der Waals surface area contributed by atoms with Gasteiger partial charge in [-0.1, -0.05) is 30.3 Å². The number of aliphatic hydroxyl groups is 11. The second kappa shape index (κ2) is 22.4. The van der Waals surface area contributed by atoms with Crippen LogP contribution in [0.1, 0.15) is 37.6 Å². The maximum atomic E-state index is 14.1. The summed E-state index contributed by atoms with van der Waals surface area (Å²) in [5.74, 6) is -6.64. The van der Waals surface area contributed by atoms with E-state index in [-0.39, 0.29) is 12.2 Å². The number of hydrogen-bond donors (Lipinski definition) is 14. The van der Waals surface area contributed by atoms with E-state index in [4.69, 9.17) is 37.9 Å². The molecule has 0 spiro atoms. The minimum atomic E-state index is -3.13. The number of hydrogen-bond acceptors (Lipinski definition) is 22. The Morgan fingerprint density at radius 2 is 1.40 bits per heavy atom. The Hall–Kier alpha value is -3.65. The number of fused-ring (bicyclic) bond motifs is 1. The third-order valence-electron chi connectivity index (χ3n) is 12.2. The summed E-state index contributed by atoms with van der Waals surface area (Å²) in [6, 6.07) is 8.93. The molecule has 4 aliphatic rings. The van der Waals surface area contributed by atoms with Crippen molar-refractivity contribution in [3.8, 4) is 0 Å². The van der Waals surface area contributed by atoms with Gasteiger partial charge in [-0.2, -0.15) is 0 Å². The molecule has 14 N–H and O–H groups in total. The van der Waals surface area contributed by atoms with Crippen LogP contribution >= 0.6 is 0 Å². The molecule has 4 saturated heterocycles. The number of aliphatic carboxylic acids is 1. The molecule has 2 aromatic rings. The van der Waals surface area contributed by atoms with E-state index in [1.165, 1.54) is 13.0 Å². The summed E-state index contributed by atoms with van der Waals surface area (Å²) in [6.45, 7) is 0.905. The van der Waals surface area contributed by atoms with Crippen molar-refractivity contribution in [3.63, 3.8) is 0 Å². The molecule has 21 atom stereocenters. The van der Waals surface area contributed by atoms with Gasteiger partial charge in [0.2, 0.25) is 5.91 Å². The molecular formula is C42H60N2O23. The van der Waals surface area contributed by atoms with Crippen molar-refractivity contribution in [3.05, 3.63) is 48.0 Å². The number of benzene rings is 2. The van der Waals surface area contributed by atoms with E-state index in [2.05, 4.69) is 10.6 Å². The third-order valence-corrected chi connectivity index (χ3v) is 12.2. The first-order valence-electron chi connectivity index (χ1n) is 21.6. The summed E-state index contributed by atoms with van der Waals surface area (Å²) in [5.41, 5.74) is 0.146. The average molecular weight is 961 g/mol. The number of carbonyl (C=O) groups excluding carboxylic acids is 2. The van der Waals surface area contributed by atoms with Crippen LogP contribution in [-0.2, 0) is 47.5 Å². The van der Waals surface area contributed by atoms with Crippen LogP contribution in [0.15, 0.2) is 42.5 Å². The minimum absolute atomic E-state index is 0.0437. The second-order valence-electron chi connectivity index (χ2n) is 16.8. The first-order chi connectivity index (χ1) is 31.8. The predicted octanol–water partition coefficient (Wildman–Crippen LogP) is -5.74. The van der Waals surface area contributed by atoms with Crippen LogP contribution in [0.2, 0.25) is 0 Å². The van der Waals surface area contributed by atoms with E-state index in [0.717, 1.165) is 12.3 Å². The van der Waals surface area contributed by atoms with Gasteiger partial charge in [0.1, 0.15) is 85.4 Å². The van der Waals surface area contributed by atoms with Crippen LogP contribution in [0.25, 0.3) is 10.8 Å². The molecule has 0 aliphatic carbocycles. The summed E-state index contributed by atoms with van der Waals surface area (Å²) in [6.07, 6.45) is -34.6. The normalized spacial score (nSPS) is 40.1. The molecule has 67 heavy (non-hydrogen) atoms. The molecule has 25 heteroatoms. The largest absolute Gasteiger partial charge is 0.477 e.